The zero-order valence-corrected chi connectivity index (χ0v) is 13.4. The van der Waals surface area contributed by atoms with Gasteiger partial charge in [0.15, 0.2) is 0 Å². The molecule has 1 nitrogen and oxygen atoms in total. The molecule has 0 aliphatic rings. The first-order valence-electron chi connectivity index (χ1n) is 6.34. The smallest absolute Gasteiger partial charge is 0.0406 e. The molecular formula is C16H17BrClN. The Morgan fingerprint density at radius 1 is 0.947 bits per heavy atom. The molecular weight excluding hydrogens is 322 g/mol. The van der Waals surface area contributed by atoms with Gasteiger partial charge in [-0.15, -0.1) is 0 Å². The van der Waals surface area contributed by atoms with Gasteiger partial charge in [-0.05, 0) is 43.2 Å². The Hall–Kier alpha value is -0.830. The maximum absolute atomic E-state index is 5.91. The van der Waals surface area contributed by atoms with Crippen LogP contribution in [0.1, 0.15) is 37.1 Å². The van der Waals surface area contributed by atoms with Gasteiger partial charge >= 0.3 is 0 Å². The van der Waals surface area contributed by atoms with Gasteiger partial charge in [-0.1, -0.05) is 57.9 Å². The molecule has 0 aromatic heterocycles. The number of benzene rings is 2. The van der Waals surface area contributed by atoms with Crippen LogP contribution in [-0.2, 0) is 0 Å². The van der Waals surface area contributed by atoms with Crippen LogP contribution in [0, 0.1) is 0 Å². The third kappa shape index (κ3) is 3.82. The summed E-state index contributed by atoms with van der Waals surface area (Å²) in [5, 5.41) is 4.37. The topological polar surface area (TPSA) is 12.0 Å². The fourth-order valence-electron chi connectivity index (χ4n) is 2.14. The molecule has 2 aromatic carbocycles. The average Bonchev–Trinajstić information content (AvgIpc) is 2.39. The Morgan fingerprint density at radius 3 is 2.21 bits per heavy atom. The second kappa shape index (κ2) is 6.56. The molecule has 0 aliphatic carbocycles. The molecule has 0 saturated carbocycles. The first-order valence-corrected chi connectivity index (χ1v) is 7.51. The summed E-state index contributed by atoms with van der Waals surface area (Å²) in [6, 6.07) is 16.8. The van der Waals surface area contributed by atoms with Crippen LogP contribution in [0.4, 0.5) is 0 Å². The predicted molar refractivity (Wildman–Crippen MR) is 85.6 cm³/mol. The van der Waals surface area contributed by atoms with Gasteiger partial charge in [-0.25, -0.2) is 0 Å². The quantitative estimate of drug-likeness (QED) is 0.774. The second-order valence-electron chi connectivity index (χ2n) is 4.68. The summed E-state index contributed by atoms with van der Waals surface area (Å²) >= 11 is 9.51. The Morgan fingerprint density at radius 2 is 1.58 bits per heavy atom. The Kier molecular flexibility index (Phi) is 5.03. The van der Waals surface area contributed by atoms with Crippen LogP contribution < -0.4 is 5.32 Å². The lowest BCUT2D eigenvalue weighted by Gasteiger charge is -2.21. The Bertz CT molecular complexity index is 539. The normalized spacial score (nSPS) is 14.1. The Labute approximate surface area is 128 Å². The van der Waals surface area contributed by atoms with Gasteiger partial charge in [0.2, 0.25) is 0 Å². The van der Waals surface area contributed by atoms with Crippen LogP contribution in [0.2, 0.25) is 5.02 Å². The highest BCUT2D eigenvalue weighted by atomic mass is 79.9. The molecule has 2 unspecified atom stereocenters. The molecule has 19 heavy (non-hydrogen) atoms. The summed E-state index contributed by atoms with van der Waals surface area (Å²) in [6.07, 6.45) is 0. The maximum Gasteiger partial charge on any atom is 0.0406 e. The predicted octanol–water partition coefficient (Wildman–Crippen LogP) is 5.51. The van der Waals surface area contributed by atoms with Crippen LogP contribution in [0.3, 0.4) is 0 Å². The van der Waals surface area contributed by atoms with Gasteiger partial charge in [0.05, 0.1) is 0 Å². The van der Waals surface area contributed by atoms with E-state index in [1.54, 1.807) is 0 Å². The van der Waals surface area contributed by atoms with Crippen molar-refractivity contribution in [2.24, 2.45) is 0 Å². The standard InChI is InChI=1S/C16H17BrClN/c1-11(13-7-9-14(18)10-8-13)19-12(2)15-5-3-4-6-16(15)17/h3-12,19H,1-2H3. The largest absolute Gasteiger partial charge is 0.304 e. The van der Waals surface area contributed by atoms with E-state index in [-0.39, 0.29) is 12.1 Å². The molecule has 0 radical (unpaired) electrons. The number of halogens is 2. The number of hydrogen-bond donors (Lipinski definition) is 1. The van der Waals surface area contributed by atoms with Crippen molar-refractivity contribution in [2.75, 3.05) is 0 Å². The van der Waals surface area contributed by atoms with Crippen molar-refractivity contribution in [3.8, 4) is 0 Å². The summed E-state index contributed by atoms with van der Waals surface area (Å²) in [7, 11) is 0. The fraction of sp³-hybridized carbons (Fsp3) is 0.250. The van der Waals surface area contributed by atoms with E-state index in [0.29, 0.717) is 0 Å². The van der Waals surface area contributed by atoms with Crippen LogP contribution in [0.15, 0.2) is 53.0 Å². The first kappa shape index (κ1) is 14.6. The lowest BCUT2D eigenvalue weighted by atomic mass is 10.0. The fourth-order valence-corrected chi connectivity index (χ4v) is 2.89. The molecule has 0 aliphatic heterocycles. The second-order valence-corrected chi connectivity index (χ2v) is 5.97. The molecule has 0 bridgehead atoms. The van der Waals surface area contributed by atoms with E-state index in [4.69, 9.17) is 11.6 Å². The highest BCUT2D eigenvalue weighted by molar-refractivity contribution is 9.10. The van der Waals surface area contributed by atoms with Crippen molar-refractivity contribution < 1.29 is 0 Å². The number of rotatable bonds is 4. The zero-order chi connectivity index (χ0) is 13.8. The molecule has 0 spiro atoms. The maximum atomic E-state index is 5.91. The SMILES string of the molecule is CC(NC(C)c1ccccc1Br)c1ccc(Cl)cc1. The van der Waals surface area contributed by atoms with Crippen molar-refractivity contribution in [3.05, 3.63) is 69.2 Å². The van der Waals surface area contributed by atoms with Crippen LogP contribution in [0.5, 0.6) is 0 Å². The van der Waals surface area contributed by atoms with Gasteiger partial charge in [0, 0.05) is 21.6 Å². The number of nitrogens with one attached hydrogen (secondary N) is 1. The summed E-state index contributed by atoms with van der Waals surface area (Å²) in [5.74, 6) is 0. The third-order valence-electron chi connectivity index (χ3n) is 3.24. The molecule has 0 amide bonds. The zero-order valence-electron chi connectivity index (χ0n) is 11.0. The van der Waals surface area contributed by atoms with E-state index >= 15 is 0 Å². The van der Waals surface area contributed by atoms with Crippen LogP contribution in [0.25, 0.3) is 0 Å². The van der Waals surface area contributed by atoms with Gasteiger partial charge in [0.1, 0.15) is 0 Å². The minimum absolute atomic E-state index is 0.277. The van der Waals surface area contributed by atoms with E-state index in [1.165, 1.54) is 11.1 Å². The molecule has 2 atom stereocenters. The van der Waals surface area contributed by atoms with Gasteiger partial charge in [-0.3, -0.25) is 0 Å². The molecule has 100 valence electrons. The summed E-state index contributed by atoms with van der Waals surface area (Å²) in [5.41, 5.74) is 2.51. The van der Waals surface area contributed by atoms with Crippen molar-refractivity contribution in [1.82, 2.24) is 5.32 Å². The van der Waals surface area contributed by atoms with Crippen LogP contribution in [-0.4, -0.2) is 0 Å². The molecule has 0 fully saturated rings. The van der Waals surface area contributed by atoms with Crippen molar-refractivity contribution in [2.45, 2.75) is 25.9 Å². The van der Waals surface area contributed by atoms with Gasteiger partial charge < -0.3 is 5.32 Å². The monoisotopic (exact) mass is 337 g/mol. The lowest BCUT2D eigenvalue weighted by Crippen LogP contribution is -2.22. The first-order chi connectivity index (χ1) is 9.08. The molecule has 0 heterocycles. The average molecular weight is 339 g/mol. The molecule has 3 heteroatoms. The highest BCUT2D eigenvalue weighted by Gasteiger charge is 2.12. The summed E-state index contributed by atoms with van der Waals surface area (Å²) < 4.78 is 1.14. The molecule has 1 N–H and O–H groups in total. The van der Waals surface area contributed by atoms with E-state index < -0.39 is 0 Å². The van der Waals surface area contributed by atoms with Crippen molar-refractivity contribution >= 4 is 27.5 Å². The van der Waals surface area contributed by atoms with Gasteiger partial charge in [-0.2, -0.15) is 0 Å². The van der Waals surface area contributed by atoms with E-state index in [2.05, 4.69) is 65.4 Å². The minimum atomic E-state index is 0.277. The van der Waals surface area contributed by atoms with Crippen molar-refractivity contribution in [3.63, 3.8) is 0 Å². The Balaban J connectivity index is 2.08. The number of hydrogen-bond acceptors (Lipinski definition) is 1. The van der Waals surface area contributed by atoms with E-state index in [1.807, 2.05) is 18.2 Å². The minimum Gasteiger partial charge on any atom is -0.304 e. The van der Waals surface area contributed by atoms with Crippen molar-refractivity contribution in [1.29, 1.82) is 0 Å². The third-order valence-corrected chi connectivity index (χ3v) is 4.22. The molecule has 2 rings (SSSR count). The van der Waals surface area contributed by atoms with Crippen LogP contribution >= 0.6 is 27.5 Å². The molecule has 0 saturated heterocycles. The molecule has 2 aromatic rings. The highest BCUT2D eigenvalue weighted by Crippen LogP contribution is 2.25. The summed E-state index contributed by atoms with van der Waals surface area (Å²) in [6.45, 7) is 4.34. The van der Waals surface area contributed by atoms with Gasteiger partial charge in [0.25, 0.3) is 0 Å². The van der Waals surface area contributed by atoms with E-state index in [0.717, 1.165) is 9.50 Å². The lowest BCUT2D eigenvalue weighted by molar-refractivity contribution is 0.493. The van der Waals surface area contributed by atoms with E-state index in [9.17, 15) is 0 Å². The summed E-state index contributed by atoms with van der Waals surface area (Å²) in [4.78, 5) is 0.